The van der Waals surface area contributed by atoms with Gasteiger partial charge in [-0.25, -0.2) is 0 Å². The summed E-state index contributed by atoms with van der Waals surface area (Å²) in [7, 11) is 1.89. The van der Waals surface area contributed by atoms with Gasteiger partial charge in [0.25, 0.3) is 0 Å². The van der Waals surface area contributed by atoms with Crippen molar-refractivity contribution in [1.82, 2.24) is 0 Å². The Morgan fingerprint density at radius 3 is 2.64 bits per heavy atom. The molecular weight excluding hydrogens is 214 g/mol. The topological polar surface area (TPSA) is 3.24 Å². The van der Waals surface area contributed by atoms with Crippen molar-refractivity contribution >= 4 is 34.0 Å². The fourth-order valence-electron chi connectivity index (χ4n) is 1.41. The van der Waals surface area contributed by atoms with Gasteiger partial charge in [0.1, 0.15) is 0 Å². The van der Waals surface area contributed by atoms with Crippen molar-refractivity contribution in [3.63, 3.8) is 0 Å². The summed E-state index contributed by atoms with van der Waals surface area (Å²) in [6, 6.07) is 8.20. The summed E-state index contributed by atoms with van der Waals surface area (Å²) >= 11 is 10.7. The quantitative estimate of drug-likeness (QED) is 0.441. The molecule has 0 heterocycles. The van der Waals surface area contributed by atoms with Gasteiger partial charge in [0.05, 0.1) is 0 Å². The van der Waals surface area contributed by atoms with Crippen molar-refractivity contribution in [2.75, 3.05) is 11.9 Å². The molecule has 0 unspecified atom stereocenters. The zero-order valence-electron chi connectivity index (χ0n) is 8.46. The van der Waals surface area contributed by atoms with Crippen LogP contribution in [0.2, 0.25) is 0 Å². The molecule has 0 saturated carbocycles. The number of para-hydroxylation sites is 1. The van der Waals surface area contributed by atoms with E-state index in [1.165, 1.54) is 5.56 Å². The van der Waals surface area contributed by atoms with E-state index in [1.54, 1.807) is 0 Å². The zero-order valence-corrected chi connectivity index (χ0v) is 10.0. The first-order chi connectivity index (χ1) is 6.66. The zero-order chi connectivity index (χ0) is 10.6. The molecule has 0 aromatic heterocycles. The number of thiocarbonyl (C=S) groups is 1. The number of hydrogen-bond acceptors (Lipinski definition) is 1. The monoisotopic (exact) mass is 227 g/mol. The van der Waals surface area contributed by atoms with Crippen molar-refractivity contribution in [3.8, 4) is 0 Å². The van der Waals surface area contributed by atoms with Crippen LogP contribution in [0.15, 0.2) is 24.3 Å². The maximum absolute atomic E-state index is 5.79. The van der Waals surface area contributed by atoms with Crippen molar-refractivity contribution < 1.29 is 0 Å². The van der Waals surface area contributed by atoms with Gasteiger partial charge in [0, 0.05) is 12.7 Å². The minimum absolute atomic E-state index is 0.383. The van der Waals surface area contributed by atoms with E-state index in [-0.39, 0.29) is 0 Å². The smallest absolute Gasteiger partial charge is 0.174 e. The molecule has 0 radical (unpaired) electrons. The highest BCUT2D eigenvalue weighted by Gasteiger charge is 2.07. The number of halogens is 1. The summed E-state index contributed by atoms with van der Waals surface area (Å²) in [6.07, 6.45) is 2.18. The lowest BCUT2D eigenvalue weighted by atomic mass is 10.1. The second kappa shape index (κ2) is 5.32. The molecule has 1 aromatic carbocycles. The van der Waals surface area contributed by atoms with E-state index < -0.39 is 0 Å². The van der Waals surface area contributed by atoms with Crippen LogP contribution in [0.1, 0.15) is 18.9 Å². The van der Waals surface area contributed by atoms with E-state index >= 15 is 0 Å². The fraction of sp³-hybridized carbons (Fsp3) is 0.364. The van der Waals surface area contributed by atoms with Gasteiger partial charge in [-0.2, -0.15) is 0 Å². The molecule has 3 heteroatoms. The average molecular weight is 228 g/mol. The van der Waals surface area contributed by atoms with Gasteiger partial charge in [-0.1, -0.05) is 43.1 Å². The standard InChI is InChI=1S/C11H14ClNS/c1-3-6-9-7-4-5-8-10(9)13(2)11(12)14/h4-5,7-8H,3,6H2,1-2H3. The SMILES string of the molecule is CCCc1ccccc1N(C)C(=S)Cl. The first-order valence-electron chi connectivity index (χ1n) is 4.68. The lowest BCUT2D eigenvalue weighted by Gasteiger charge is -2.19. The molecular formula is C11H14ClNS. The Morgan fingerprint density at radius 2 is 2.07 bits per heavy atom. The lowest BCUT2D eigenvalue weighted by molar-refractivity contribution is 0.919. The van der Waals surface area contributed by atoms with E-state index in [0.717, 1.165) is 18.5 Å². The van der Waals surface area contributed by atoms with Gasteiger partial charge in [0.2, 0.25) is 0 Å². The summed E-state index contributed by atoms with van der Waals surface area (Å²) in [5.74, 6) is 0. The van der Waals surface area contributed by atoms with E-state index in [1.807, 2.05) is 30.1 Å². The highest BCUT2D eigenvalue weighted by atomic mass is 35.5. The minimum atomic E-state index is 0.383. The number of hydrogen-bond donors (Lipinski definition) is 0. The van der Waals surface area contributed by atoms with Gasteiger partial charge in [-0.15, -0.1) is 0 Å². The maximum atomic E-state index is 5.79. The Labute approximate surface area is 95.7 Å². The molecule has 0 saturated heterocycles. The number of benzene rings is 1. The molecule has 76 valence electrons. The van der Waals surface area contributed by atoms with Crippen molar-refractivity contribution in [1.29, 1.82) is 0 Å². The molecule has 1 rings (SSSR count). The fourth-order valence-corrected chi connectivity index (χ4v) is 1.60. The van der Waals surface area contributed by atoms with Crippen LogP contribution < -0.4 is 4.90 Å². The van der Waals surface area contributed by atoms with Gasteiger partial charge in [-0.05, 0) is 30.3 Å². The number of nitrogens with zero attached hydrogens (tertiary/aromatic N) is 1. The summed E-state index contributed by atoms with van der Waals surface area (Å²) in [6.45, 7) is 2.16. The van der Waals surface area contributed by atoms with Crippen LogP contribution in [0.5, 0.6) is 0 Å². The second-order valence-corrected chi connectivity index (χ2v) is 4.16. The maximum Gasteiger partial charge on any atom is 0.174 e. The normalized spacial score (nSPS) is 9.93. The van der Waals surface area contributed by atoms with E-state index in [4.69, 9.17) is 23.8 Å². The van der Waals surface area contributed by atoms with Gasteiger partial charge in [-0.3, -0.25) is 0 Å². The van der Waals surface area contributed by atoms with Gasteiger partial charge >= 0.3 is 0 Å². The van der Waals surface area contributed by atoms with Crippen LogP contribution in [0, 0.1) is 0 Å². The Hall–Kier alpha value is -0.600. The van der Waals surface area contributed by atoms with Gasteiger partial charge in [0.15, 0.2) is 4.45 Å². The first kappa shape index (κ1) is 11.5. The number of anilines is 1. The molecule has 14 heavy (non-hydrogen) atoms. The van der Waals surface area contributed by atoms with E-state index in [2.05, 4.69) is 13.0 Å². The van der Waals surface area contributed by atoms with Crippen molar-refractivity contribution in [3.05, 3.63) is 29.8 Å². The Morgan fingerprint density at radius 1 is 1.43 bits per heavy atom. The third-order valence-electron chi connectivity index (χ3n) is 2.14. The summed E-state index contributed by atoms with van der Waals surface area (Å²) < 4.78 is 0.383. The van der Waals surface area contributed by atoms with E-state index in [9.17, 15) is 0 Å². The van der Waals surface area contributed by atoms with Crippen LogP contribution in [-0.2, 0) is 6.42 Å². The largest absolute Gasteiger partial charge is 0.326 e. The molecule has 0 N–H and O–H groups in total. The molecule has 0 fully saturated rings. The predicted octanol–water partition coefficient (Wildman–Crippen LogP) is 3.60. The van der Waals surface area contributed by atoms with Crippen LogP contribution in [0.3, 0.4) is 0 Å². The summed E-state index contributed by atoms with van der Waals surface area (Å²) in [5, 5.41) is 0. The predicted molar refractivity (Wildman–Crippen MR) is 67.3 cm³/mol. The van der Waals surface area contributed by atoms with Gasteiger partial charge < -0.3 is 4.90 Å². The third-order valence-corrected chi connectivity index (χ3v) is 2.66. The van der Waals surface area contributed by atoms with E-state index in [0.29, 0.717) is 4.45 Å². The second-order valence-electron chi connectivity index (χ2n) is 3.19. The minimum Gasteiger partial charge on any atom is -0.326 e. The molecule has 0 bridgehead atoms. The molecule has 0 aliphatic heterocycles. The Balaban J connectivity index is 3.00. The van der Waals surface area contributed by atoms with Crippen LogP contribution >= 0.6 is 23.8 Å². The Bertz CT molecular complexity index is 325. The van der Waals surface area contributed by atoms with Crippen LogP contribution in [-0.4, -0.2) is 11.5 Å². The Kier molecular flexibility index (Phi) is 4.36. The molecule has 1 aromatic rings. The molecule has 0 aliphatic rings. The van der Waals surface area contributed by atoms with Crippen molar-refractivity contribution in [2.24, 2.45) is 0 Å². The highest BCUT2D eigenvalue weighted by molar-refractivity contribution is 7.83. The number of aryl methyl sites for hydroxylation is 1. The molecule has 0 atom stereocenters. The first-order valence-corrected chi connectivity index (χ1v) is 5.46. The molecule has 0 aliphatic carbocycles. The van der Waals surface area contributed by atoms with Crippen LogP contribution in [0.4, 0.5) is 5.69 Å². The molecule has 1 nitrogen and oxygen atoms in total. The molecule has 0 spiro atoms. The summed E-state index contributed by atoms with van der Waals surface area (Å²) in [5.41, 5.74) is 2.40. The van der Waals surface area contributed by atoms with Crippen LogP contribution in [0.25, 0.3) is 0 Å². The highest BCUT2D eigenvalue weighted by Crippen LogP contribution is 2.21. The van der Waals surface area contributed by atoms with Crippen molar-refractivity contribution in [2.45, 2.75) is 19.8 Å². The average Bonchev–Trinajstić information content (AvgIpc) is 2.18. The molecule has 0 amide bonds. The third kappa shape index (κ3) is 2.69. The number of rotatable bonds is 3. The lowest BCUT2D eigenvalue weighted by Crippen LogP contribution is -2.20. The summed E-state index contributed by atoms with van der Waals surface area (Å²) in [4.78, 5) is 1.84.